The molecule has 0 saturated heterocycles. The number of hydrogen-bond acceptors (Lipinski definition) is 3. The van der Waals surface area contributed by atoms with E-state index in [2.05, 4.69) is 11.6 Å². The van der Waals surface area contributed by atoms with Crippen LogP contribution in [0.4, 0.5) is 5.82 Å². The maximum Gasteiger partial charge on any atom is 0.262 e. The molecule has 4 nitrogen and oxygen atoms in total. The van der Waals surface area contributed by atoms with Crippen LogP contribution in [-0.2, 0) is 0 Å². The second kappa shape index (κ2) is 2.83. The van der Waals surface area contributed by atoms with E-state index in [0.717, 1.165) is 0 Å². The van der Waals surface area contributed by atoms with Crippen molar-refractivity contribution >= 4 is 11.7 Å². The normalized spacial score (nSPS) is 15.9. The van der Waals surface area contributed by atoms with Gasteiger partial charge >= 0.3 is 0 Å². The van der Waals surface area contributed by atoms with Crippen LogP contribution in [0.2, 0.25) is 0 Å². The predicted molar refractivity (Wildman–Crippen MR) is 53.9 cm³/mol. The van der Waals surface area contributed by atoms with Crippen LogP contribution >= 0.6 is 0 Å². The van der Waals surface area contributed by atoms with Gasteiger partial charge in [-0.15, -0.1) is 0 Å². The van der Waals surface area contributed by atoms with Gasteiger partial charge in [-0.05, 0) is 12.1 Å². The average molecular weight is 189 g/mol. The van der Waals surface area contributed by atoms with Crippen molar-refractivity contribution in [2.75, 3.05) is 19.0 Å². The summed E-state index contributed by atoms with van der Waals surface area (Å²) in [6, 6.07) is 3.52. The van der Waals surface area contributed by atoms with Gasteiger partial charge in [-0.1, -0.05) is 6.58 Å². The Balaban J connectivity index is 2.62. The maximum atomic E-state index is 11.8. The van der Waals surface area contributed by atoms with E-state index >= 15 is 0 Å². The van der Waals surface area contributed by atoms with Crippen molar-refractivity contribution in [3.63, 3.8) is 0 Å². The summed E-state index contributed by atoms with van der Waals surface area (Å²) in [4.78, 5) is 19.2. The first kappa shape index (κ1) is 8.74. The Labute approximate surface area is 82.5 Å². The monoisotopic (exact) mass is 189 g/mol. The van der Waals surface area contributed by atoms with Crippen molar-refractivity contribution in [3.05, 3.63) is 36.3 Å². The molecule has 0 unspecified atom stereocenters. The van der Waals surface area contributed by atoms with Gasteiger partial charge in [0.15, 0.2) is 0 Å². The van der Waals surface area contributed by atoms with Crippen LogP contribution in [-0.4, -0.2) is 29.9 Å². The highest BCUT2D eigenvalue weighted by atomic mass is 16.2. The van der Waals surface area contributed by atoms with Gasteiger partial charge in [0.1, 0.15) is 11.6 Å². The van der Waals surface area contributed by atoms with Crippen LogP contribution in [0.3, 0.4) is 0 Å². The van der Waals surface area contributed by atoms with E-state index in [1.54, 1.807) is 30.3 Å². The fourth-order valence-corrected chi connectivity index (χ4v) is 1.48. The number of fused-ring (bicyclic) bond motifs is 1. The van der Waals surface area contributed by atoms with Crippen LogP contribution < -0.4 is 4.90 Å². The van der Waals surface area contributed by atoms with E-state index in [1.165, 1.54) is 4.90 Å². The van der Waals surface area contributed by atoms with E-state index in [-0.39, 0.29) is 5.91 Å². The predicted octanol–water partition coefficient (Wildman–Crippen LogP) is 1.07. The Kier molecular flexibility index (Phi) is 1.77. The minimum atomic E-state index is -0.0591. The van der Waals surface area contributed by atoms with Crippen LogP contribution in [0.5, 0.6) is 0 Å². The molecule has 0 saturated carbocycles. The first-order valence-corrected chi connectivity index (χ1v) is 4.28. The van der Waals surface area contributed by atoms with Gasteiger partial charge < -0.3 is 4.90 Å². The standard InChI is InChI=1S/C10H11N3O/c1-7-12(2)9-8(5-4-6-11-9)10(14)13(7)3/h4-6H,1H2,2-3H3. The topological polar surface area (TPSA) is 36.4 Å². The molecule has 1 aliphatic heterocycles. The molecule has 2 rings (SSSR count). The van der Waals surface area contributed by atoms with Gasteiger partial charge in [0.2, 0.25) is 0 Å². The van der Waals surface area contributed by atoms with Crippen molar-refractivity contribution in [2.24, 2.45) is 0 Å². The summed E-state index contributed by atoms with van der Waals surface area (Å²) in [5.74, 6) is 1.25. The number of aromatic nitrogens is 1. The molecule has 0 N–H and O–H groups in total. The Bertz CT molecular complexity index is 414. The lowest BCUT2D eigenvalue weighted by atomic mass is 10.2. The molecule has 1 aromatic rings. The molecule has 1 aliphatic rings. The summed E-state index contributed by atoms with van der Waals surface area (Å²) in [6.45, 7) is 3.82. The number of anilines is 1. The summed E-state index contributed by atoms with van der Waals surface area (Å²) in [6.07, 6.45) is 1.67. The lowest BCUT2D eigenvalue weighted by molar-refractivity contribution is 0.0825. The van der Waals surface area contributed by atoms with Crippen molar-refractivity contribution in [2.45, 2.75) is 0 Å². The summed E-state index contributed by atoms with van der Waals surface area (Å²) < 4.78 is 0. The Morgan fingerprint density at radius 1 is 1.36 bits per heavy atom. The molecule has 0 aliphatic carbocycles. The zero-order chi connectivity index (χ0) is 10.3. The lowest BCUT2D eigenvalue weighted by Crippen LogP contribution is -2.40. The molecule has 0 radical (unpaired) electrons. The summed E-state index contributed by atoms with van der Waals surface area (Å²) in [7, 11) is 3.55. The SMILES string of the molecule is C=C1N(C)C(=O)c2cccnc2N1C. The molecule has 0 fully saturated rings. The highest BCUT2D eigenvalue weighted by molar-refractivity contribution is 6.02. The van der Waals surface area contributed by atoms with Crippen LogP contribution in [0.1, 0.15) is 10.4 Å². The molecule has 0 spiro atoms. The quantitative estimate of drug-likeness (QED) is 0.612. The fraction of sp³-hybridized carbons (Fsp3) is 0.200. The van der Waals surface area contributed by atoms with Crippen molar-refractivity contribution < 1.29 is 4.79 Å². The van der Waals surface area contributed by atoms with Crippen LogP contribution in [0.15, 0.2) is 30.7 Å². The van der Waals surface area contributed by atoms with Crippen molar-refractivity contribution in [3.8, 4) is 0 Å². The molecule has 0 bridgehead atoms. The van der Waals surface area contributed by atoms with Crippen molar-refractivity contribution in [1.82, 2.24) is 9.88 Å². The molecule has 4 heteroatoms. The molecule has 14 heavy (non-hydrogen) atoms. The Morgan fingerprint density at radius 2 is 2.07 bits per heavy atom. The molecule has 1 amide bonds. The second-order valence-electron chi connectivity index (χ2n) is 3.21. The number of amides is 1. The lowest BCUT2D eigenvalue weighted by Gasteiger charge is -2.34. The van der Waals surface area contributed by atoms with E-state index < -0.39 is 0 Å². The number of pyridine rings is 1. The van der Waals surface area contributed by atoms with Gasteiger partial charge in [-0.2, -0.15) is 0 Å². The molecule has 0 atom stereocenters. The molecular weight excluding hydrogens is 178 g/mol. The largest absolute Gasteiger partial charge is 0.315 e. The van der Waals surface area contributed by atoms with E-state index in [1.807, 2.05) is 7.05 Å². The van der Waals surface area contributed by atoms with Gasteiger partial charge in [0, 0.05) is 20.3 Å². The third-order valence-corrected chi connectivity index (χ3v) is 2.41. The zero-order valence-electron chi connectivity index (χ0n) is 8.19. The molecule has 72 valence electrons. The molecular formula is C10H11N3O. The Morgan fingerprint density at radius 3 is 2.79 bits per heavy atom. The number of carbonyl (C=O) groups excluding carboxylic acids is 1. The first-order valence-electron chi connectivity index (χ1n) is 4.28. The maximum absolute atomic E-state index is 11.8. The number of nitrogens with zero attached hydrogens (tertiary/aromatic N) is 3. The van der Waals surface area contributed by atoms with Gasteiger partial charge in [0.25, 0.3) is 5.91 Å². The minimum absolute atomic E-state index is 0.0591. The number of carbonyl (C=O) groups is 1. The highest BCUT2D eigenvalue weighted by Crippen LogP contribution is 2.27. The van der Waals surface area contributed by atoms with Crippen LogP contribution in [0, 0.1) is 0 Å². The smallest absolute Gasteiger partial charge is 0.262 e. The van der Waals surface area contributed by atoms with E-state index in [4.69, 9.17) is 0 Å². The summed E-state index contributed by atoms with van der Waals surface area (Å²) >= 11 is 0. The molecule has 2 heterocycles. The second-order valence-corrected chi connectivity index (χ2v) is 3.21. The molecule has 0 aromatic carbocycles. The van der Waals surface area contributed by atoms with Crippen molar-refractivity contribution in [1.29, 1.82) is 0 Å². The summed E-state index contributed by atoms with van der Waals surface area (Å²) in [5.41, 5.74) is 0.616. The van der Waals surface area contributed by atoms with Crippen LogP contribution in [0.25, 0.3) is 0 Å². The van der Waals surface area contributed by atoms with Gasteiger partial charge in [-0.25, -0.2) is 4.98 Å². The molecule has 1 aromatic heterocycles. The van der Waals surface area contributed by atoms with E-state index in [0.29, 0.717) is 17.2 Å². The third kappa shape index (κ3) is 1.00. The zero-order valence-corrected chi connectivity index (χ0v) is 8.19. The van der Waals surface area contributed by atoms with Gasteiger partial charge in [-0.3, -0.25) is 9.69 Å². The van der Waals surface area contributed by atoms with E-state index in [9.17, 15) is 4.79 Å². The number of hydrogen-bond donors (Lipinski definition) is 0. The fourth-order valence-electron chi connectivity index (χ4n) is 1.48. The minimum Gasteiger partial charge on any atom is -0.315 e. The average Bonchev–Trinajstić information content (AvgIpc) is 2.23. The number of rotatable bonds is 0. The Hall–Kier alpha value is -1.84. The third-order valence-electron chi connectivity index (χ3n) is 2.41. The summed E-state index contributed by atoms with van der Waals surface area (Å²) in [5, 5.41) is 0. The highest BCUT2D eigenvalue weighted by Gasteiger charge is 2.28. The first-order chi connectivity index (χ1) is 6.63. The van der Waals surface area contributed by atoms with Gasteiger partial charge in [0.05, 0.1) is 5.56 Å².